The van der Waals surface area contributed by atoms with Crippen LogP contribution in [0.1, 0.15) is 36.7 Å². The monoisotopic (exact) mass is 502 g/mol. The highest BCUT2D eigenvalue weighted by Gasteiger charge is 2.25. The largest absolute Gasteiger partial charge is 0.421 e. The summed E-state index contributed by atoms with van der Waals surface area (Å²) in [5.74, 6) is 1.64. The highest BCUT2D eigenvalue weighted by Crippen LogP contribution is 2.33. The van der Waals surface area contributed by atoms with Crippen LogP contribution in [0.5, 0.6) is 0 Å². The molecule has 0 fully saturated rings. The van der Waals surface area contributed by atoms with Gasteiger partial charge in [-0.2, -0.15) is 0 Å². The van der Waals surface area contributed by atoms with Gasteiger partial charge in [-0.25, -0.2) is 15.0 Å². The SMILES string of the molecule is CCC(Nc1ncnc(N)c1-c1nnc(C)o1)c1nc2cccc(Cl)c2c(=O)n1-c1ccccc1C. The molecular weight excluding hydrogens is 480 g/mol. The third kappa shape index (κ3) is 4.05. The first kappa shape index (κ1) is 23.4. The van der Waals surface area contributed by atoms with Crippen molar-refractivity contribution in [1.82, 2.24) is 29.7 Å². The zero-order valence-corrected chi connectivity index (χ0v) is 20.6. The number of aromatic nitrogens is 6. The Hall–Kier alpha value is -4.31. The smallest absolute Gasteiger partial charge is 0.267 e. The van der Waals surface area contributed by atoms with Crippen LogP contribution in [0.3, 0.4) is 0 Å². The van der Waals surface area contributed by atoms with Crippen LogP contribution in [-0.2, 0) is 0 Å². The fourth-order valence-electron chi connectivity index (χ4n) is 4.12. The van der Waals surface area contributed by atoms with Crippen LogP contribution in [0.25, 0.3) is 28.0 Å². The summed E-state index contributed by atoms with van der Waals surface area (Å²) in [5.41, 5.74) is 8.42. The van der Waals surface area contributed by atoms with E-state index >= 15 is 0 Å². The van der Waals surface area contributed by atoms with E-state index in [1.807, 2.05) is 38.1 Å². The van der Waals surface area contributed by atoms with E-state index in [9.17, 15) is 4.79 Å². The Labute approximate surface area is 211 Å². The van der Waals surface area contributed by atoms with E-state index in [0.717, 1.165) is 5.56 Å². The quantitative estimate of drug-likeness (QED) is 0.340. The maximum absolute atomic E-state index is 13.9. The van der Waals surface area contributed by atoms with Crippen molar-refractivity contribution in [2.45, 2.75) is 33.2 Å². The van der Waals surface area contributed by atoms with E-state index < -0.39 is 6.04 Å². The first-order chi connectivity index (χ1) is 17.4. The van der Waals surface area contributed by atoms with E-state index in [-0.39, 0.29) is 17.3 Å². The van der Waals surface area contributed by atoms with Crippen molar-refractivity contribution in [2.24, 2.45) is 0 Å². The predicted octanol–water partition coefficient (Wildman–Crippen LogP) is 4.64. The molecule has 0 saturated heterocycles. The summed E-state index contributed by atoms with van der Waals surface area (Å²) in [6.45, 7) is 5.61. The molecule has 0 aliphatic rings. The summed E-state index contributed by atoms with van der Waals surface area (Å²) in [7, 11) is 0. The van der Waals surface area contributed by atoms with E-state index in [0.29, 0.717) is 51.1 Å². The van der Waals surface area contributed by atoms with Crippen LogP contribution < -0.4 is 16.6 Å². The van der Waals surface area contributed by atoms with Crippen molar-refractivity contribution < 1.29 is 4.42 Å². The molecule has 1 unspecified atom stereocenters. The van der Waals surface area contributed by atoms with Gasteiger partial charge in [0.25, 0.3) is 11.4 Å². The van der Waals surface area contributed by atoms with Crippen molar-refractivity contribution in [2.75, 3.05) is 11.1 Å². The van der Waals surface area contributed by atoms with Crippen LogP contribution in [0, 0.1) is 13.8 Å². The molecule has 36 heavy (non-hydrogen) atoms. The topological polar surface area (TPSA) is 138 Å². The van der Waals surface area contributed by atoms with E-state index in [1.54, 1.807) is 29.7 Å². The number of aryl methyl sites for hydroxylation is 2. The number of fused-ring (bicyclic) bond motifs is 1. The fourth-order valence-corrected chi connectivity index (χ4v) is 4.37. The van der Waals surface area contributed by atoms with Gasteiger partial charge in [0, 0.05) is 6.92 Å². The minimum atomic E-state index is -0.447. The summed E-state index contributed by atoms with van der Waals surface area (Å²) < 4.78 is 7.21. The van der Waals surface area contributed by atoms with Gasteiger partial charge in [-0.3, -0.25) is 9.36 Å². The fraction of sp³-hybridized carbons (Fsp3) is 0.200. The molecule has 3 heterocycles. The number of nitrogen functional groups attached to an aromatic ring is 1. The average Bonchev–Trinajstić information content (AvgIpc) is 3.28. The standard InChI is InChI=1S/C25H23ClN8O2/c1-4-16(30-22-20(21(27)28-12-29-22)24-33-32-14(3)36-24)23-31-17-10-7-9-15(26)19(17)25(35)34(23)18-11-6-5-8-13(18)2/h5-12,16H,4H2,1-3H3,(H3,27,28,29,30). The van der Waals surface area contributed by atoms with Gasteiger partial charge in [0.2, 0.25) is 5.89 Å². The van der Waals surface area contributed by atoms with Gasteiger partial charge in [-0.1, -0.05) is 42.8 Å². The van der Waals surface area contributed by atoms with Crippen molar-refractivity contribution in [3.63, 3.8) is 0 Å². The molecule has 0 saturated carbocycles. The zero-order valence-electron chi connectivity index (χ0n) is 19.9. The summed E-state index contributed by atoms with van der Waals surface area (Å²) >= 11 is 6.44. The number of para-hydroxylation sites is 1. The van der Waals surface area contributed by atoms with Gasteiger partial charge in [-0.15, -0.1) is 10.2 Å². The summed E-state index contributed by atoms with van der Waals surface area (Å²) in [6, 6.07) is 12.4. The lowest BCUT2D eigenvalue weighted by atomic mass is 10.1. The Morgan fingerprint density at radius 2 is 1.92 bits per heavy atom. The molecular formula is C25H23ClN8O2. The van der Waals surface area contributed by atoms with Gasteiger partial charge < -0.3 is 15.5 Å². The second-order valence-electron chi connectivity index (χ2n) is 8.24. The van der Waals surface area contributed by atoms with Crippen molar-refractivity contribution in [3.8, 4) is 17.1 Å². The van der Waals surface area contributed by atoms with Crippen LogP contribution in [-0.4, -0.2) is 29.7 Å². The van der Waals surface area contributed by atoms with Crippen LogP contribution in [0.4, 0.5) is 11.6 Å². The van der Waals surface area contributed by atoms with Gasteiger partial charge in [0.1, 0.15) is 29.4 Å². The van der Waals surface area contributed by atoms with E-state index in [1.165, 1.54) is 6.33 Å². The van der Waals surface area contributed by atoms with Crippen molar-refractivity contribution >= 4 is 34.1 Å². The molecule has 0 aliphatic carbocycles. The predicted molar refractivity (Wildman–Crippen MR) is 138 cm³/mol. The van der Waals surface area contributed by atoms with Crippen LogP contribution in [0.2, 0.25) is 5.02 Å². The Morgan fingerprint density at radius 3 is 2.64 bits per heavy atom. The number of hydrogen-bond donors (Lipinski definition) is 2. The highest BCUT2D eigenvalue weighted by molar-refractivity contribution is 6.35. The first-order valence-corrected chi connectivity index (χ1v) is 11.7. The molecule has 1 atom stereocenters. The average molecular weight is 503 g/mol. The molecule has 0 amide bonds. The number of halogens is 1. The summed E-state index contributed by atoms with van der Waals surface area (Å²) in [4.78, 5) is 27.3. The molecule has 0 spiro atoms. The number of nitrogens with one attached hydrogen (secondary N) is 1. The molecule has 11 heteroatoms. The number of nitrogens with two attached hydrogens (primary N) is 1. The first-order valence-electron chi connectivity index (χ1n) is 11.3. The molecule has 5 rings (SSSR count). The molecule has 0 aliphatic heterocycles. The number of benzene rings is 2. The molecule has 5 aromatic rings. The minimum Gasteiger partial charge on any atom is -0.421 e. The van der Waals surface area contributed by atoms with Crippen molar-refractivity contribution in [1.29, 1.82) is 0 Å². The van der Waals surface area contributed by atoms with Crippen LogP contribution >= 0.6 is 11.6 Å². The van der Waals surface area contributed by atoms with Crippen LogP contribution in [0.15, 0.2) is 58.0 Å². The summed E-state index contributed by atoms with van der Waals surface area (Å²) in [5, 5.41) is 12.1. The van der Waals surface area contributed by atoms with Gasteiger partial charge in [0.15, 0.2) is 0 Å². The second kappa shape index (κ2) is 9.38. The molecule has 10 nitrogen and oxygen atoms in total. The second-order valence-corrected chi connectivity index (χ2v) is 8.65. The van der Waals surface area contributed by atoms with E-state index in [4.69, 9.17) is 26.7 Å². The van der Waals surface area contributed by atoms with Gasteiger partial charge in [-0.05, 0) is 37.1 Å². The summed E-state index contributed by atoms with van der Waals surface area (Å²) in [6.07, 6.45) is 1.91. The normalized spacial score (nSPS) is 12.1. The Kier molecular flexibility index (Phi) is 6.11. The molecule has 2 aromatic carbocycles. The van der Waals surface area contributed by atoms with Gasteiger partial charge >= 0.3 is 0 Å². The van der Waals surface area contributed by atoms with Crippen molar-refractivity contribution in [3.05, 3.63) is 81.4 Å². The zero-order chi connectivity index (χ0) is 25.4. The molecule has 0 radical (unpaired) electrons. The highest BCUT2D eigenvalue weighted by atomic mass is 35.5. The third-order valence-corrected chi connectivity index (χ3v) is 6.19. The molecule has 3 N–H and O–H groups in total. The number of rotatable bonds is 6. The molecule has 3 aromatic heterocycles. The molecule has 182 valence electrons. The number of anilines is 2. The van der Waals surface area contributed by atoms with E-state index in [2.05, 4.69) is 25.5 Å². The lowest BCUT2D eigenvalue weighted by Crippen LogP contribution is -2.29. The Bertz CT molecular complexity index is 1650. The third-order valence-electron chi connectivity index (χ3n) is 5.88. The molecule has 0 bridgehead atoms. The number of nitrogens with zero attached hydrogens (tertiary/aromatic N) is 6. The Balaban J connectivity index is 1.73. The maximum Gasteiger partial charge on any atom is 0.267 e. The lowest BCUT2D eigenvalue weighted by Gasteiger charge is -2.23. The Morgan fingerprint density at radius 1 is 1.11 bits per heavy atom. The number of hydrogen-bond acceptors (Lipinski definition) is 9. The lowest BCUT2D eigenvalue weighted by molar-refractivity contribution is 0.532. The maximum atomic E-state index is 13.9. The van der Waals surface area contributed by atoms with Gasteiger partial charge in [0.05, 0.1) is 27.7 Å². The minimum absolute atomic E-state index is 0.181.